The molecule has 1 aromatic rings. The van der Waals surface area contributed by atoms with E-state index in [1.54, 1.807) is 18.3 Å². The minimum Gasteiger partial charge on any atom is -0.460 e. The van der Waals surface area contributed by atoms with Gasteiger partial charge in [-0.05, 0) is 18.6 Å². The molecule has 0 aliphatic rings. The number of nitrogens with two attached hydrogens (primary N) is 1. The Kier molecular flexibility index (Phi) is 4.07. The molecule has 1 aromatic heterocycles. The van der Waals surface area contributed by atoms with Crippen LogP contribution < -0.4 is 5.73 Å². The molecule has 2 N–H and O–H groups in total. The van der Waals surface area contributed by atoms with Gasteiger partial charge in [-0.15, -0.1) is 0 Å². The van der Waals surface area contributed by atoms with E-state index in [1.807, 2.05) is 6.92 Å². The summed E-state index contributed by atoms with van der Waals surface area (Å²) < 4.78 is 4.98. The molecule has 1 heterocycles. The van der Waals surface area contributed by atoms with Crippen molar-refractivity contribution in [2.75, 3.05) is 6.61 Å². The van der Waals surface area contributed by atoms with Crippen molar-refractivity contribution in [1.82, 2.24) is 4.98 Å². The van der Waals surface area contributed by atoms with Crippen LogP contribution in [0, 0.1) is 0 Å². The molecule has 0 radical (unpaired) electrons. The fraction of sp³-hybridized carbons (Fsp3) is 0.400. The predicted molar refractivity (Wildman–Crippen MR) is 52.8 cm³/mol. The zero-order chi connectivity index (χ0) is 10.4. The normalized spacial score (nSPS) is 12.1. The van der Waals surface area contributed by atoms with E-state index in [0.29, 0.717) is 5.56 Å². The van der Waals surface area contributed by atoms with Crippen molar-refractivity contribution in [3.63, 3.8) is 0 Å². The smallest absolute Gasteiger partial charge is 0.339 e. The van der Waals surface area contributed by atoms with Crippen LogP contribution in [0.2, 0.25) is 0 Å². The molecule has 4 heteroatoms. The summed E-state index contributed by atoms with van der Waals surface area (Å²) in [6, 6.07) is 3.26. The van der Waals surface area contributed by atoms with Crippen LogP contribution in [-0.2, 0) is 4.74 Å². The first-order valence-electron chi connectivity index (χ1n) is 4.56. The number of carbonyl (C=O) groups is 1. The summed E-state index contributed by atoms with van der Waals surface area (Å²) in [5.41, 5.74) is 6.06. The second-order valence-corrected chi connectivity index (χ2v) is 3.01. The van der Waals surface area contributed by atoms with E-state index in [-0.39, 0.29) is 18.6 Å². The van der Waals surface area contributed by atoms with E-state index in [0.717, 1.165) is 6.42 Å². The highest BCUT2D eigenvalue weighted by Gasteiger charge is 2.08. The second kappa shape index (κ2) is 5.34. The molecule has 1 unspecified atom stereocenters. The van der Waals surface area contributed by atoms with E-state index in [4.69, 9.17) is 10.5 Å². The summed E-state index contributed by atoms with van der Waals surface area (Å²) in [5.74, 6) is -0.373. The van der Waals surface area contributed by atoms with Crippen LogP contribution in [0.4, 0.5) is 0 Å². The van der Waals surface area contributed by atoms with Gasteiger partial charge in [0.2, 0.25) is 0 Å². The Balaban J connectivity index is 2.44. The van der Waals surface area contributed by atoms with Gasteiger partial charge in [0.05, 0.1) is 5.56 Å². The Morgan fingerprint density at radius 1 is 1.71 bits per heavy atom. The highest BCUT2D eigenvalue weighted by atomic mass is 16.5. The van der Waals surface area contributed by atoms with Gasteiger partial charge in [0.25, 0.3) is 0 Å². The molecule has 0 aliphatic carbocycles. The van der Waals surface area contributed by atoms with E-state index in [1.165, 1.54) is 6.20 Å². The van der Waals surface area contributed by atoms with Crippen molar-refractivity contribution in [1.29, 1.82) is 0 Å². The Hall–Kier alpha value is -1.42. The van der Waals surface area contributed by atoms with Crippen LogP contribution in [0.5, 0.6) is 0 Å². The number of hydrogen-bond donors (Lipinski definition) is 1. The van der Waals surface area contributed by atoms with Gasteiger partial charge >= 0.3 is 5.97 Å². The molecule has 76 valence electrons. The minimum atomic E-state index is -0.373. The van der Waals surface area contributed by atoms with Crippen molar-refractivity contribution < 1.29 is 9.53 Å². The monoisotopic (exact) mass is 194 g/mol. The number of hydrogen-bond acceptors (Lipinski definition) is 4. The van der Waals surface area contributed by atoms with Gasteiger partial charge in [0.15, 0.2) is 0 Å². The summed E-state index contributed by atoms with van der Waals surface area (Å²) in [7, 11) is 0. The van der Waals surface area contributed by atoms with E-state index < -0.39 is 0 Å². The molecular formula is C10H14N2O2. The quantitative estimate of drug-likeness (QED) is 0.725. The van der Waals surface area contributed by atoms with Gasteiger partial charge in [-0.1, -0.05) is 6.92 Å². The standard InChI is InChI=1S/C10H14N2O2/c1-2-9(11)7-14-10(13)8-4-3-5-12-6-8/h3-6,9H,2,7,11H2,1H3. The van der Waals surface area contributed by atoms with Gasteiger partial charge in [0, 0.05) is 18.4 Å². The average molecular weight is 194 g/mol. The average Bonchev–Trinajstić information content (AvgIpc) is 2.26. The largest absolute Gasteiger partial charge is 0.460 e. The maximum atomic E-state index is 11.3. The fourth-order valence-electron chi connectivity index (χ4n) is 0.867. The third-order valence-electron chi connectivity index (χ3n) is 1.85. The minimum absolute atomic E-state index is 0.0874. The van der Waals surface area contributed by atoms with Crippen LogP contribution in [0.1, 0.15) is 23.7 Å². The Morgan fingerprint density at radius 3 is 3.07 bits per heavy atom. The SMILES string of the molecule is CCC(N)COC(=O)c1cccnc1. The van der Waals surface area contributed by atoms with Crippen LogP contribution in [0.25, 0.3) is 0 Å². The lowest BCUT2D eigenvalue weighted by Crippen LogP contribution is -2.26. The Bertz CT molecular complexity index is 287. The van der Waals surface area contributed by atoms with Crippen molar-refractivity contribution >= 4 is 5.97 Å². The number of aromatic nitrogens is 1. The summed E-state index contributed by atoms with van der Waals surface area (Å²) in [6.07, 6.45) is 3.87. The van der Waals surface area contributed by atoms with Crippen LogP contribution in [-0.4, -0.2) is 23.6 Å². The molecule has 0 aliphatic heterocycles. The summed E-state index contributed by atoms with van der Waals surface area (Å²) >= 11 is 0. The van der Waals surface area contributed by atoms with Crippen LogP contribution in [0.3, 0.4) is 0 Å². The summed E-state index contributed by atoms with van der Waals surface area (Å²) in [6.45, 7) is 2.20. The van der Waals surface area contributed by atoms with Gasteiger partial charge < -0.3 is 10.5 Å². The molecule has 1 rings (SSSR count). The van der Waals surface area contributed by atoms with Crippen molar-refractivity contribution in [2.24, 2.45) is 5.73 Å². The van der Waals surface area contributed by atoms with E-state index in [2.05, 4.69) is 4.98 Å². The molecule has 14 heavy (non-hydrogen) atoms. The Morgan fingerprint density at radius 2 is 2.50 bits per heavy atom. The number of pyridine rings is 1. The lowest BCUT2D eigenvalue weighted by Gasteiger charge is -2.09. The number of carbonyl (C=O) groups excluding carboxylic acids is 1. The molecule has 0 amide bonds. The molecule has 1 atom stereocenters. The van der Waals surface area contributed by atoms with Gasteiger partial charge in [-0.2, -0.15) is 0 Å². The molecule has 0 bridgehead atoms. The predicted octanol–water partition coefficient (Wildman–Crippen LogP) is 0.976. The van der Waals surface area contributed by atoms with Crippen LogP contribution in [0.15, 0.2) is 24.5 Å². The molecule has 0 saturated heterocycles. The van der Waals surface area contributed by atoms with E-state index >= 15 is 0 Å². The molecular weight excluding hydrogens is 180 g/mol. The number of rotatable bonds is 4. The third-order valence-corrected chi connectivity index (χ3v) is 1.85. The number of nitrogens with zero attached hydrogens (tertiary/aromatic N) is 1. The fourth-order valence-corrected chi connectivity index (χ4v) is 0.867. The first kappa shape index (κ1) is 10.7. The maximum absolute atomic E-state index is 11.3. The van der Waals surface area contributed by atoms with Crippen molar-refractivity contribution in [3.05, 3.63) is 30.1 Å². The number of ether oxygens (including phenoxy) is 1. The lowest BCUT2D eigenvalue weighted by atomic mass is 10.2. The maximum Gasteiger partial charge on any atom is 0.339 e. The van der Waals surface area contributed by atoms with E-state index in [9.17, 15) is 4.79 Å². The van der Waals surface area contributed by atoms with Crippen molar-refractivity contribution in [2.45, 2.75) is 19.4 Å². The first-order chi connectivity index (χ1) is 6.74. The molecule has 0 aromatic carbocycles. The molecule has 0 fully saturated rings. The van der Waals surface area contributed by atoms with Gasteiger partial charge in [-0.3, -0.25) is 4.98 Å². The molecule has 0 saturated carbocycles. The van der Waals surface area contributed by atoms with Crippen LogP contribution >= 0.6 is 0 Å². The van der Waals surface area contributed by atoms with Gasteiger partial charge in [-0.25, -0.2) is 4.79 Å². The summed E-state index contributed by atoms with van der Waals surface area (Å²) in [4.78, 5) is 15.2. The zero-order valence-corrected chi connectivity index (χ0v) is 8.14. The topological polar surface area (TPSA) is 65.2 Å². The molecule has 4 nitrogen and oxygen atoms in total. The first-order valence-corrected chi connectivity index (χ1v) is 4.56. The second-order valence-electron chi connectivity index (χ2n) is 3.01. The summed E-state index contributed by atoms with van der Waals surface area (Å²) in [5, 5.41) is 0. The zero-order valence-electron chi connectivity index (χ0n) is 8.14. The van der Waals surface area contributed by atoms with Gasteiger partial charge in [0.1, 0.15) is 6.61 Å². The number of esters is 1. The third kappa shape index (κ3) is 3.14. The molecule has 0 spiro atoms. The lowest BCUT2D eigenvalue weighted by molar-refractivity contribution is 0.0479. The van der Waals surface area contributed by atoms with Crippen molar-refractivity contribution in [3.8, 4) is 0 Å². The highest BCUT2D eigenvalue weighted by molar-refractivity contribution is 5.88. The Labute approximate surface area is 83.1 Å². The highest BCUT2D eigenvalue weighted by Crippen LogP contribution is 1.99.